The number of carbonyl (C=O) groups is 2. The topological polar surface area (TPSA) is 40.6 Å². The van der Waals surface area contributed by atoms with E-state index in [0.717, 1.165) is 25.7 Å². The molecule has 0 N–H and O–H groups in total. The Morgan fingerprint density at radius 1 is 1.21 bits per heavy atom. The summed E-state index contributed by atoms with van der Waals surface area (Å²) < 4.78 is 0. The second-order valence-electron chi connectivity index (χ2n) is 4.22. The summed E-state index contributed by atoms with van der Waals surface area (Å²) in [5.74, 6) is -0.0237. The molecule has 1 unspecified atom stereocenters. The van der Waals surface area contributed by atoms with E-state index in [1.807, 2.05) is 0 Å². The molecule has 1 aliphatic heterocycles. The van der Waals surface area contributed by atoms with Gasteiger partial charge < -0.3 is 4.90 Å². The van der Waals surface area contributed by atoms with E-state index in [0.29, 0.717) is 0 Å². The minimum absolute atomic E-state index is 0.0237. The van der Waals surface area contributed by atoms with Crippen LogP contribution in [0.1, 0.15) is 32.6 Å². The van der Waals surface area contributed by atoms with Gasteiger partial charge in [0.15, 0.2) is 0 Å². The first-order valence-electron chi connectivity index (χ1n) is 5.23. The molecule has 1 aliphatic carbocycles. The van der Waals surface area contributed by atoms with Gasteiger partial charge in [-0.25, -0.2) is 4.79 Å². The van der Waals surface area contributed by atoms with Gasteiger partial charge in [0.1, 0.15) is 6.04 Å². The molecular formula is C10H16N2O2. The lowest BCUT2D eigenvalue weighted by Gasteiger charge is -2.20. The van der Waals surface area contributed by atoms with Crippen molar-refractivity contribution in [3.8, 4) is 0 Å². The maximum absolute atomic E-state index is 11.8. The molecule has 2 rings (SSSR count). The van der Waals surface area contributed by atoms with Crippen LogP contribution in [-0.2, 0) is 4.79 Å². The average molecular weight is 196 g/mol. The molecule has 0 bridgehead atoms. The SMILES string of the molecule is CC1C(=O)N(C2CCCC2)C(=O)N1C. The Balaban J connectivity index is 2.18. The Kier molecular flexibility index (Phi) is 2.21. The minimum Gasteiger partial charge on any atom is -0.316 e. The van der Waals surface area contributed by atoms with E-state index in [1.165, 1.54) is 9.80 Å². The van der Waals surface area contributed by atoms with Crippen LogP contribution < -0.4 is 0 Å². The van der Waals surface area contributed by atoms with Crippen molar-refractivity contribution < 1.29 is 9.59 Å². The zero-order valence-corrected chi connectivity index (χ0v) is 8.69. The fourth-order valence-corrected chi connectivity index (χ4v) is 2.30. The number of hydrogen-bond acceptors (Lipinski definition) is 2. The number of imide groups is 1. The molecule has 0 aromatic rings. The van der Waals surface area contributed by atoms with Gasteiger partial charge in [0.25, 0.3) is 5.91 Å². The smallest absolute Gasteiger partial charge is 0.316 e. The number of urea groups is 1. The summed E-state index contributed by atoms with van der Waals surface area (Å²) in [6, 6.07) is -0.222. The lowest BCUT2D eigenvalue weighted by Crippen LogP contribution is -2.39. The molecule has 2 aliphatic rings. The molecule has 4 heteroatoms. The second-order valence-corrected chi connectivity index (χ2v) is 4.22. The molecule has 1 saturated carbocycles. The summed E-state index contributed by atoms with van der Waals surface area (Å²) in [6.07, 6.45) is 4.25. The van der Waals surface area contributed by atoms with Gasteiger partial charge in [0.2, 0.25) is 0 Å². The molecule has 2 fully saturated rings. The monoisotopic (exact) mass is 196 g/mol. The summed E-state index contributed by atoms with van der Waals surface area (Å²) in [5, 5.41) is 0. The van der Waals surface area contributed by atoms with Gasteiger partial charge in [0.05, 0.1) is 0 Å². The van der Waals surface area contributed by atoms with Crippen LogP contribution in [0.4, 0.5) is 4.79 Å². The van der Waals surface area contributed by atoms with Gasteiger partial charge in [-0.2, -0.15) is 0 Å². The van der Waals surface area contributed by atoms with Crippen LogP contribution in [0.3, 0.4) is 0 Å². The Hall–Kier alpha value is -1.06. The zero-order valence-electron chi connectivity index (χ0n) is 8.69. The average Bonchev–Trinajstić information content (AvgIpc) is 2.73. The Labute approximate surface area is 83.9 Å². The van der Waals surface area contributed by atoms with Crippen LogP contribution in [0, 0.1) is 0 Å². The lowest BCUT2D eigenvalue weighted by molar-refractivity contribution is -0.129. The van der Waals surface area contributed by atoms with E-state index < -0.39 is 0 Å². The number of nitrogens with zero attached hydrogens (tertiary/aromatic N) is 2. The molecule has 0 radical (unpaired) electrons. The highest BCUT2D eigenvalue weighted by atomic mass is 16.2. The lowest BCUT2D eigenvalue weighted by atomic mass is 10.2. The summed E-state index contributed by atoms with van der Waals surface area (Å²) in [5.41, 5.74) is 0. The van der Waals surface area contributed by atoms with Crippen LogP contribution in [-0.4, -0.2) is 40.9 Å². The molecule has 14 heavy (non-hydrogen) atoms. The van der Waals surface area contributed by atoms with Crippen LogP contribution in [0.5, 0.6) is 0 Å². The first-order chi connectivity index (χ1) is 6.63. The second kappa shape index (κ2) is 3.26. The molecule has 1 saturated heterocycles. The fourth-order valence-electron chi connectivity index (χ4n) is 2.30. The first-order valence-corrected chi connectivity index (χ1v) is 5.23. The number of likely N-dealkylation sites (N-methyl/N-ethyl adjacent to an activating group) is 1. The Morgan fingerprint density at radius 2 is 1.79 bits per heavy atom. The molecular weight excluding hydrogens is 180 g/mol. The quantitative estimate of drug-likeness (QED) is 0.591. The largest absolute Gasteiger partial charge is 0.327 e. The van der Waals surface area contributed by atoms with Crippen molar-refractivity contribution in [2.24, 2.45) is 0 Å². The molecule has 1 atom stereocenters. The summed E-state index contributed by atoms with van der Waals surface area (Å²) in [7, 11) is 1.69. The molecule has 0 aromatic heterocycles. The van der Waals surface area contributed by atoms with Crippen LogP contribution in [0.2, 0.25) is 0 Å². The molecule has 4 nitrogen and oxygen atoms in total. The number of amides is 3. The van der Waals surface area contributed by atoms with Crippen molar-refractivity contribution in [1.82, 2.24) is 9.80 Å². The highest BCUT2D eigenvalue weighted by molar-refractivity contribution is 6.04. The maximum atomic E-state index is 11.8. The van der Waals surface area contributed by atoms with Crippen LogP contribution in [0.15, 0.2) is 0 Å². The molecule has 3 amide bonds. The number of hydrogen-bond donors (Lipinski definition) is 0. The van der Waals surface area contributed by atoms with E-state index in [-0.39, 0.29) is 24.0 Å². The highest BCUT2D eigenvalue weighted by Gasteiger charge is 2.44. The van der Waals surface area contributed by atoms with E-state index in [1.54, 1.807) is 14.0 Å². The predicted octanol–water partition coefficient (Wildman–Crippen LogP) is 1.21. The van der Waals surface area contributed by atoms with Gasteiger partial charge in [-0.3, -0.25) is 9.69 Å². The van der Waals surface area contributed by atoms with Crippen molar-refractivity contribution in [3.05, 3.63) is 0 Å². The van der Waals surface area contributed by atoms with Gasteiger partial charge in [-0.05, 0) is 19.8 Å². The number of rotatable bonds is 1. The number of carbonyl (C=O) groups excluding carboxylic acids is 2. The normalized spacial score (nSPS) is 29.4. The fraction of sp³-hybridized carbons (Fsp3) is 0.800. The van der Waals surface area contributed by atoms with Crippen molar-refractivity contribution in [1.29, 1.82) is 0 Å². The minimum atomic E-state index is -0.275. The third kappa shape index (κ3) is 1.21. The van der Waals surface area contributed by atoms with Crippen LogP contribution >= 0.6 is 0 Å². The first kappa shape index (κ1) is 9.49. The molecule has 0 spiro atoms. The van der Waals surface area contributed by atoms with E-state index in [2.05, 4.69) is 0 Å². The third-order valence-electron chi connectivity index (χ3n) is 3.37. The zero-order chi connectivity index (χ0) is 10.3. The third-order valence-corrected chi connectivity index (χ3v) is 3.37. The van der Waals surface area contributed by atoms with Gasteiger partial charge in [-0.1, -0.05) is 12.8 Å². The summed E-state index contributed by atoms with van der Waals surface area (Å²) in [4.78, 5) is 26.5. The van der Waals surface area contributed by atoms with Gasteiger partial charge >= 0.3 is 6.03 Å². The van der Waals surface area contributed by atoms with Gasteiger partial charge in [-0.15, -0.1) is 0 Å². The van der Waals surface area contributed by atoms with E-state index >= 15 is 0 Å². The standard InChI is InChI=1S/C10H16N2O2/c1-7-9(13)12(10(14)11(7)2)8-5-3-4-6-8/h7-8H,3-6H2,1-2H3. The maximum Gasteiger partial charge on any atom is 0.327 e. The summed E-state index contributed by atoms with van der Waals surface area (Å²) >= 11 is 0. The van der Waals surface area contributed by atoms with Crippen molar-refractivity contribution in [2.75, 3.05) is 7.05 Å². The molecule has 1 heterocycles. The summed E-state index contributed by atoms with van der Waals surface area (Å²) in [6.45, 7) is 1.79. The predicted molar refractivity (Wildman–Crippen MR) is 51.7 cm³/mol. The van der Waals surface area contributed by atoms with Crippen molar-refractivity contribution in [3.63, 3.8) is 0 Å². The van der Waals surface area contributed by atoms with Crippen molar-refractivity contribution in [2.45, 2.75) is 44.7 Å². The Morgan fingerprint density at radius 3 is 2.21 bits per heavy atom. The molecule has 0 aromatic carbocycles. The molecule has 78 valence electrons. The highest BCUT2D eigenvalue weighted by Crippen LogP contribution is 2.28. The van der Waals surface area contributed by atoms with Gasteiger partial charge in [0, 0.05) is 13.1 Å². The van der Waals surface area contributed by atoms with Crippen LogP contribution in [0.25, 0.3) is 0 Å². The Bertz CT molecular complexity index is 251. The van der Waals surface area contributed by atoms with E-state index in [9.17, 15) is 9.59 Å². The van der Waals surface area contributed by atoms with Crippen molar-refractivity contribution >= 4 is 11.9 Å². The van der Waals surface area contributed by atoms with E-state index in [4.69, 9.17) is 0 Å².